The van der Waals surface area contributed by atoms with Crippen LogP contribution in [0.25, 0.3) is 0 Å². The molecule has 9 nitrogen and oxygen atoms in total. The van der Waals surface area contributed by atoms with Crippen molar-refractivity contribution in [2.75, 3.05) is 6.54 Å². The van der Waals surface area contributed by atoms with E-state index >= 15 is 0 Å². The van der Waals surface area contributed by atoms with E-state index in [4.69, 9.17) is 4.74 Å². The third-order valence-electron chi connectivity index (χ3n) is 4.90. The molecule has 0 radical (unpaired) electrons. The van der Waals surface area contributed by atoms with Gasteiger partial charge in [-0.15, -0.1) is 0 Å². The minimum absolute atomic E-state index is 0.0729. The summed E-state index contributed by atoms with van der Waals surface area (Å²) in [6.07, 6.45) is 4.20. The van der Waals surface area contributed by atoms with Gasteiger partial charge < -0.3 is 20.7 Å². The monoisotopic (exact) mass is 430 g/mol. The zero-order valence-corrected chi connectivity index (χ0v) is 17.7. The average Bonchev–Trinajstić information content (AvgIpc) is 3.25. The van der Waals surface area contributed by atoms with E-state index in [0.717, 1.165) is 24.0 Å². The van der Waals surface area contributed by atoms with Gasteiger partial charge in [-0.1, -0.05) is 30.3 Å². The van der Waals surface area contributed by atoms with Crippen LogP contribution in [-0.4, -0.2) is 43.0 Å². The molecule has 1 aromatic rings. The molecule has 4 N–H and O–H groups in total. The lowest BCUT2D eigenvalue weighted by Crippen LogP contribution is -2.33. The normalized spacial score (nSPS) is 18.2. The molecule has 2 rings (SSSR count). The van der Waals surface area contributed by atoms with Gasteiger partial charge in [0.05, 0.1) is 12.2 Å². The molecular formula is C22H30N4O5. The van der Waals surface area contributed by atoms with Crippen LogP contribution in [0.5, 0.6) is 0 Å². The molecule has 1 aromatic carbocycles. The fourth-order valence-corrected chi connectivity index (χ4v) is 3.17. The van der Waals surface area contributed by atoms with Crippen LogP contribution < -0.4 is 21.3 Å². The van der Waals surface area contributed by atoms with Crippen molar-refractivity contribution in [3.8, 4) is 0 Å². The topological polar surface area (TPSA) is 126 Å². The molecule has 0 saturated carbocycles. The van der Waals surface area contributed by atoms with Crippen molar-refractivity contribution < 1.29 is 23.9 Å². The second kappa shape index (κ2) is 13.2. The van der Waals surface area contributed by atoms with Crippen molar-refractivity contribution in [1.29, 1.82) is 0 Å². The maximum atomic E-state index is 12.0. The van der Waals surface area contributed by atoms with Crippen molar-refractivity contribution >= 4 is 24.3 Å². The lowest BCUT2D eigenvalue weighted by molar-refractivity contribution is -0.123. The van der Waals surface area contributed by atoms with E-state index in [2.05, 4.69) is 16.0 Å². The number of rotatable bonds is 11. The summed E-state index contributed by atoms with van der Waals surface area (Å²) < 4.78 is 5.89. The Morgan fingerprint density at radius 3 is 2.45 bits per heavy atom. The predicted molar refractivity (Wildman–Crippen MR) is 115 cm³/mol. The van der Waals surface area contributed by atoms with Crippen LogP contribution in [0.3, 0.4) is 0 Å². The number of benzene rings is 1. The van der Waals surface area contributed by atoms with Crippen LogP contribution >= 0.6 is 0 Å². The predicted octanol–water partition coefficient (Wildman–Crippen LogP) is 1.50. The Kier molecular flexibility index (Phi) is 10.2. The second-order valence-corrected chi connectivity index (χ2v) is 7.37. The van der Waals surface area contributed by atoms with Gasteiger partial charge in [-0.25, -0.2) is 4.79 Å². The Morgan fingerprint density at radius 2 is 1.74 bits per heavy atom. The molecule has 5 amide bonds. The highest BCUT2D eigenvalue weighted by molar-refractivity contribution is 5.84. The summed E-state index contributed by atoms with van der Waals surface area (Å²) in [5, 5.41) is 10.1. The van der Waals surface area contributed by atoms with Gasteiger partial charge in [0.25, 0.3) is 0 Å². The van der Waals surface area contributed by atoms with Crippen LogP contribution in [0.4, 0.5) is 4.79 Å². The molecular weight excluding hydrogens is 400 g/mol. The number of nitrogens with one attached hydrogen (secondary N) is 4. The Bertz CT molecular complexity index is 781. The highest BCUT2D eigenvalue weighted by Gasteiger charge is 2.26. The molecule has 2 atom stereocenters. The van der Waals surface area contributed by atoms with E-state index in [1.165, 1.54) is 6.20 Å². The average molecular weight is 431 g/mol. The molecule has 168 valence electrons. The van der Waals surface area contributed by atoms with Crippen LogP contribution in [0.2, 0.25) is 0 Å². The molecule has 2 unspecified atom stereocenters. The van der Waals surface area contributed by atoms with Crippen molar-refractivity contribution in [2.24, 2.45) is 0 Å². The largest absolute Gasteiger partial charge is 0.369 e. The number of urea groups is 1. The number of carbonyl (C=O) groups excluding carboxylic acids is 4. The minimum Gasteiger partial charge on any atom is -0.369 e. The first-order valence-corrected chi connectivity index (χ1v) is 10.4. The van der Waals surface area contributed by atoms with E-state index in [0.29, 0.717) is 32.3 Å². The summed E-state index contributed by atoms with van der Waals surface area (Å²) in [4.78, 5) is 45.3. The molecule has 1 heterocycles. The Balaban J connectivity index is 1.57. The van der Waals surface area contributed by atoms with E-state index in [1.54, 1.807) is 0 Å². The first kappa shape index (κ1) is 24.1. The molecule has 0 aromatic heterocycles. The van der Waals surface area contributed by atoms with Gasteiger partial charge in [-0.2, -0.15) is 0 Å². The number of amides is 5. The third-order valence-corrected chi connectivity index (χ3v) is 4.90. The maximum absolute atomic E-state index is 12.0. The van der Waals surface area contributed by atoms with Gasteiger partial charge >= 0.3 is 6.03 Å². The number of carbonyl (C=O) groups is 4. The van der Waals surface area contributed by atoms with Gasteiger partial charge in [0.2, 0.25) is 18.2 Å². The Labute approximate surface area is 182 Å². The summed E-state index contributed by atoms with van der Waals surface area (Å²) in [5.74, 6) is -0.182. The number of imide groups is 1. The van der Waals surface area contributed by atoms with Crippen molar-refractivity contribution in [2.45, 2.75) is 57.8 Å². The van der Waals surface area contributed by atoms with E-state index in [-0.39, 0.29) is 30.4 Å². The van der Waals surface area contributed by atoms with Crippen LogP contribution in [-0.2, 0) is 25.7 Å². The fraction of sp³-hybridized carbons (Fsp3) is 0.455. The summed E-state index contributed by atoms with van der Waals surface area (Å²) in [7, 11) is 0. The van der Waals surface area contributed by atoms with Crippen LogP contribution in [0, 0.1) is 0 Å². The zero-order valence-electron chi connectivity index (χ0n) is 17.7. The molecule has 1 aliphatic rings. The number of ether oxygens (including phenoxy) is 1. The van der Waals surface area contributed by atoms with Gasteiger partial charge in [-0.05, 0) is 37.3 Å². The molecule has 1 saturated heterocycles. The second-order valence-electron chi connectivity index (χ2n) is 7.37. The fourth-order valence-electron chi connectivity index (χ4n) is 3.17. The summed E-state index contributed by atoms with van der Waals surface area (Å²) >= 11 is 0. The van der Waals surface area contributed by atoms with Crippen LogP contribution in [0.1, 0.15) is 44.6 Å². The van der Waals surface area contributed by atoms with Crippen molar-refractivity contribution in [3.05, 3.63) is 47.7 Å². The minimum atomic E-state index is -0.607. The Morgan fingerprint density at radius 1 is 1.03 bits per heavy atom. The van der Waals surface area contributed by atoms with Gasteiger partial charge in [0, 0.05) is 32.1 Å². The summed E-state index contributed by atoms with van der Waals surface area (Å²) in [6.45, 7) is 2.72. The number of hydrogen-bond acceptors (Lipinski definition) is 5. The van der Waals surface area contributed by atoms with Crippen LogP contribution in [0.15, 0.2) is 42.1 Å². The lowest BCUT2D eigenvalue weighted by Gasteiger charge is -2.15. The quantitative estimate of drug-likeness (QED) is 0.396. The van der Waals surface area contributed by atoms with Gasteiger partial charge in [-0.3, -0.25) is 19.7 Å². The maximum Gasteiger partial charge on any atom is 0.325 e. The molecule has 1 aliphatic heterocycles. The summed E-state index contributed by atoms with van der Waals surface area (Å²) in [6, 6.07) is 9.05. The van der Waals surface area contributed by atoms with Crippen molar-refractivity contribution in [3.63, 3.8) is 0 Å². The molecule has 31 heavy (non-hydrogen) atoms. The highest BCUT2D eigenvalue weighted by atomic mass is 16.5. The molecule has 9 heteroatoms. The smallest absolute Gasteiger partial charge is 0.325 e. The molecule has 0 aliphatic carbocycles. The Hall–Kier alpha value is -3.20. The first-order valence-electron chi connectivity index (χ1n) is 10.4. The summed E-state index contributed by atoms with van der Waals surface area (Å²) in [5.41, 5.74) is 1.87. The molecule has 1 fully saturated rings. The first-order chi connectivity index (χ1) is 15.0. The van der Waals surface area contributed by atoms with E-state index in [9.17, 15) is 19.2 Å². The van der Waals surface area contributed by atoms with E-state index < -0.39 is 6.03 Å². The molecule has 0 bridgehead atoms. The number of hydrogen-bond donors (Lipinski definition) is 4. The van der Waals surface area contributed by atoms with Gasteiger partial charge in [0.1, 0.15) is 0 Å². The third kappa shape index (κ3) is 9.43. The molecule has 0 spiro atoms. The zero-order chi connectivity index (χ0) is 22.5. The highest BCUT2D eigenvalue weighted by Crippen LogP contribution is 2.24. The van der Waals surface area contributed by atoms with E-state index in [1.807, 2.05) is 42.6 Å². The van der Waals surface area contributed by atoms with Crippen molar-refractivity contribution in [1.82, 2.24) is 21.3 Å². The van der Waals surface area contributed by atoms with Gasteiger partial charge in [0.15, 0.2) is 0 Å². The SMILES string of the molecule is C/C(=C\NC(=O)NC=O)C1CCC(CNC(=O)CCCC(=O)NCc2ccccc2)O1. The standard InChI is InChI=1S/C22H30N4O5/c1-16(12-25-22(30)26-15-27)19-11-10-18(31-19)14-24-21(29)9-5-8-20(28)23-13-17-6-3-2-4-7-17/h2-4,6-7,12,15,18-19H,5,8-11,13-14H2,1H3,(H,23,28)(H,24,29)(H2,25,26,27,30)/b16-12+. The lowest BCUT2D eigenvalue weighted by atomic mass is 10.1.